The van der Waals surface area contributed by atoms with E-state index in [-0.39, 0.29) is 5.91 Å². The third kappa shape index (κ3) is 3.01. The third-order valence-electron chi connectivity index (χ3n) is 4.21. The van der Waals surface area contributed by atoms with Gasteiger partial charge in [-0.15, -0.1) is 11.8 Å². The first kappa shape index (κ1) is 14.0. The lowest BCUT2D eigenvalue weighted by Crippen LogP contribution is -2.60. The number of carbonyl (C=O) groups is 1. The Morgan fingerprint density at radius 1 is 1.40 bits per heavy atom. The average molecular weight is 290 g/mol. The summed E-state index contributed by atoms with van der Waals surface area (Å²) in [5.41, 5.74) is 6.51. The molecule has 4 heteroatoms. The Hall–Kier alpha value is -1.00. The first-order valence-corrected chi connectivity index (χ1v) is 8.36. The molecule has 0 heterocycles. The zero-order valence-electron chi connectivity index (χ0n) is 11.9. The smallest absolute Gasteiger partial charge is 0.238 e. The number of amides is 1. The Morgan fingerprint density at radius 2 is 2.15 bits per heavy atom. The molecule has 2 saturated carbocycles. The molecular formula is C16H22N2OS. The fraction of sp³-hybridized carbons (Fsp3) is 0.562. The van der Waals surface area contributed by atoms with Crippen molar-refractivity contribution in [3.63, 3.8) is 0 Å². The minimum atomic E-state index is -0.504. The maximum atomic E-state index is 12.1. The lowest BCUT2D eigenvalue weighted by molar-refractivity contribution is -0.124. The van der Waals surface area contributed by atoms with Crippen LogP contribution in [-0.4, -0.2) is 23.2 Å². The van der Waals surface area contributed by atoms with Crippen molar-refractivity contribution < 1.29 is 4.79 Å². The first-order valence-electron chi connectivity index (χ1n) is 7.37. The lowest BCUT2D eigenvalue weighted by Gasteiger charge is -2.32. The molecule has 0 spiro atoms. The van der Waals surface area contributed by atoms with Crippen molar-refractivity contribution in [1.29, 1.82) is 0 Å². The van der Waals surface area contributed by atoms with Gasteiger partial charge in [0.15, 0.2) is 0 Å². The van der Waals surface area contributed by atoms with Gasteiger partial charge in [0.25, 0.3) is 0 Å². The van der Waals surface area contributed by atoms with Crippen molar-refractivity contribution in [3.05, 3.63) is 29.8 Å². The number of nitrogens with two attached hydrogens (primary N) is 1. The van der Waals surface area contributed by atoms with Crippen LogP contribution in [0.5, 0.6) is 0 Å². The molecule has 2 aliphatic carbocycles. The molecular weight excluding hydrogens is 268 g/mol. The Kier molecular flexibility index (Phi) is 3.78. The highest BCUT2D eigenvalue weighted by Crippen LogP contribution is 2.44. The second-order valence-corrected chi connectivity index (χ2v) is 7.18. The molecule has 0 bridgehead atoms. The minimum Gasteiger partial charge on any atom is -0.368 e. The van der Waals surface area contributed by atoms with Gasteiger partial charge in [0, 0.05) is 16.7 Å². The van der Waals surface area contributed by atoms with Crippen molar-refractivity contribution in [2.75, 3.05) is 5.75 Å². The largest absolute Gasteiger partial charge is 0.368 e. The summed E-state index contributed by atoms with van der Waals surface area (Å²) in [6.07, 6.45) is 4.60. The highest BCUT2D eigenvalue weighted by molar-refractivity contribution is 7.99. The van der Waals surface area contributed by atoms with E-state index in [9.17, 15) is 4.79 Å². The van der Waals surface area contributed by atoms with E-state index in [1.807, 2.05) is 0 Å². The van der Waals surface area contributed by atoms with E-state index in [1.54, 1.807) is 11.8 Å². The van der Waals surface area contributed by atoms with Crippen molar-refractivity contribution in [1.82, 2.24) is 5.32 Å². The van der Waals surface area contributed by atoms with Crippen molar-refractivity contribution in [3.8, 4) is 0 Å². The summed E-state index contributed by atoms with van der Waals surface area (Å²) in [5.74, 6) is 0.998. The zero-order chi connectivity index (χ0) is 14.2. The number of aryl methyl sites for hydroxylation is 1. The number of rotatable bonds is 7. The Labute approximate surface area is 124 Å². The van der Waals surface area contributed by atoms with Gasteiger partial charge < -0.3 is 5.73 Å². The van der Waals surface area contributed by atoms with Gasteiger partial charge in [-0.3, -0.25) is 10.1 Å². The first-order chi connectivity index (χ1) is 9.60. The molecule has 1 amide bonds. The van der Waals surface area contributed by atoms with Crippen LogP contribution in [0.2, 0.25) is 0 Å². The van der Waals surface area contributed by atoms with Gasteiger partial charge in [-0.05, 0) is 50.7 Å². The Bertz CT molecular complexity index is 511. The molecule has 3 N–H and O–H groups in total. The van der Waals surface area contributed by atoms with Crippen LogP contribution < -0.4 is 11.1 Å². The van der Waals surface area contributed by atoms with E-state index in [1.165, 1.54) is 23.3 Å². The summed E-state index contributed by atoms with van der Waals surface area (Å²) >= 11 is 1.74. The van der Waals surface area contributed by atoms with E-state index < -0.39 is 5.54 Å². The molecule has 1 atom stereocenters. The van der Waals surface area contributed by atoms with Crippen LogP contribution in [0, 0.1) is 12.8 Å². The van der Waals surface area contributed by atoms with Crippen molar-refractivity contribution >= 4 is 17.7 Å². The van der Waals surface area contributed by atoms with Crippen molar-refractivity contribution in [2.24, 2.45) is 11.7 Å². The normalized spacial score (nSPS) is 21.4. The van der Waals surface area contributed by atoms with Crippen LogP contribution >= 0.6 is 11.8 Å². The second-order valence-electron chi connectivity index (χ2n) is 6.13. The summed E-state index contributed by atoms with van der Waals surface area (Å²) < 4.78 is 0. The number of thioether (sulfide) groups is 1. The number of nitrogens with one attached hydrogen (secondary N) is 1. The summed E-state index contributed by atoms with van der Waals surface area (Å²) in [6, 6.07) is 8.93. The van der Waals surface area contributed by atoms with Gasteiger partial charge in [-0.1, -0.05) is 17.7 Å². The Balaban J connectivity index is 1.73. The van der Waals surface area contributed by atoms with E-state index in [0.717, 1.165) is 18.6 Å². The van der Waals surface area contributed by atoms with E-state index in [4.69, 9.17) is 5.73 Å². The fourth-order valence-corrected chi connectivity index (χ4v) is 3.99. The fourth-order valence-electron chi connectivity index (χ4n) is 2.69. The highest BCUT2D eigenvalue weighted by atomic mass is 32.2. The summed E-state index contributed by atoms with van der Waals surface area (Å²) in [6.45, 7) is 2.09. The van der Waals surface area contributed by atoms with Crippen LogP contribution in [0.4, 0.5) is 0 Å². The number of benzene rings is 1. The highest BCUT2D eigenvalue weighted by Gasteiger charge is 2.51. The summed E-state index contributed by atoms with van der Waals surface area (Å²) in [7, 11) is 0. The molecule has 1 unspecified atom stereocenters. The predicted molar refractivity (Wildman–Crippen MR) is 82.7 cm³/mol. The van der Waals surface area contributed by atoms with E-state index in [0.29, 0.717) is 12.0 Å². The zero-order valence-corrected chi connectivity index (χ0v) is 12.7. The van der Waals surface area contributed by atoms with Crippen LogP contribution in [0.25, 0.3) is 0 Å². The average Bonchev–Trinajstić information content (AvgIpc) is 3.26. The van der Waals surface area contributed by atoms with Gasteiger partial charge in [-0.25, -0.2) is 0 Å². The molecule has 2 aliphatic rings. The van der Waals surface area contributed by atoms with Gasteiger partial charge in [0.1, 0.15) is 5.54 Å². The maximum absolute atomic E-state index is 12.1. The van der Waals surface area contributed by atoms with Crippen LogP contribution in [0.15, 0.2) is 29.2 Å². The molecule has 0 aromatic heterocycles. The molecule has 20 heavy (non-hydrogen) atoms. The monoisotopic (exact) mass is 290 g/mol. The van der Waals surface area contributed by atoms with Gasteiger partial charge in [0.05, 0.1) is 0 Å². The Morgan fingerprint density at radius 3 is 2.70 bits per heavy atom. The minimum absolute atomic E-state index is 0.174. The number of hydrogen-bond donors (Lipinski definition) is 2. The number of hydrogen-bond acceptors (Lipinski definition) is 3. The van der Waals surface area contributed by atoms with E-state index in [2.05, 4.69) is 36.5 Å². The molecule has 3 rings (SSSR count). The number of primary amides is 1. The molecule has 0 saturated heterocycles. The maximum Gasteiger partial charge on any atom is 0.238 e. The van der Waals surface area contributed by atoms with Gasteiger partial charge >= 0.3 is 0 Å². The van der Waals surface area contributed by atoms with Crippen LogP contribution in [0.3, 0.4) is 0 Å². The van der Waals surface area contributed by atoms with Crippen LogP contribution in [0.1, 0.15) is 31.2 Å². The molecule has 1 aromatic rings. The summed E-state index contributed by atoms with van der Waals surface area (Å²) in [5, 5.41) is 3.56. The number of carbonyl (C=O) groups excluding carboxylic acids is 1. The topological polar surface area (TPSA) is 55.1 Å². The second kappa shape index (κ2) is 5.41. The third-order valence-corrected chi connectivity index (χ3v) is 5.40. The quantitative estimate of drug-likeness (QED) is 0.759. The molecule has 1 aromatic carbocycles. The molecule has 108 valence electrons. The molecule has 3 nitrogen and oxygen atoms in total. The predicted octanol–water partition coefficient (Wildman–Crippen LogP) is 2.47. The SMILES string of the molecule is Cc1cccc(SCC(NC2CC2)(C(N)=O)C2CC2)c1. The van der Waals surface area contributed by atoms with Crippen LogP contribution in [-0.2, 0) is 4.79 Å². The van der Waals surface area contributed by atoms with Crippen molar-refractivity contribution in [2.45, 2.75) is 49.1 Å². The van der Waals surface area contributed by atoms with E-state index >= 15 is 0 Å². The summed E-state index contributed by atoms with van der Waals surface area (Å²) in [4.78, 5) is 13.3. The lowest BCUT2D eigenvalue weighted by atomic mass is 9.94. The standard InChI is InChI=1S/C16H22N2OS/c1-11-3-2-4-14(9-11)20-10-16(15(17)19,12-5-6-12)18-13-7-8-13/h2-4,9,12-13,18H,5-8,10H2,1H3,(H2,17,19). The molecule has 0 radical (unpaired) electrons. The molecule has 0 aliphatic heterocycles. The molecule has 2 fully saturated rings. The van der Waals surface area contributed by atoms with Gasteiger partial charge in [-0.2, -0.15) is 0 Å². The van der Waals surface area contributed by atoms with Gasteiger partial charge in [0.2, 0.25) is 5.91 Å².